The van der Waals surface area contributed by atoms with Crippen molar-refractivity contribution >= 4 is 11.7 Å². The van der Waals surface area contributed by atoms with Gasteiger partial charge >= 0.3 is 5.97 Å². The maximum absolute atomic E-state index is 10.4. The molecule has 0 aliphatic rings. The maximum Gasteiger partial charge on any atom is 0.335 e. The molecule has 0 bridgehead atoms. The van der Waals surface area contributed by atoms with Crippen LogP contribution in [-0.4, -0.2) is 11.1 Å². The Morgan fingerprint density at radius 2 is 1.92 bits per heavy atom. The zero-order valence-corrected chi connectivity index (χ0v) is 6.02. The molecule has 12 heavy (non-hydrogen) atoms. The van der Waals surface area contributed by atoms with Gasteiger partial charge in [0.05, 0.1) is 16.5 Å². The van der Waals surface area contributed by atoms with Gasteiger partial charge in [0.1, 0.15) is 0 Å². The van der Waals surface area contributed by atoms with Crippen molar-refractivity contribution in [3.8, 4) is 0 Å². The van der Waals surface area contributed by atoms with E-state index in [0.29, 0.717) is 5.69 Å². The number of nitroso groups, excluding NO2 is 1. The Labute approximate surface area is 68.0 Å². The van der Waals surface area contributed by atoms with E-state index in [4.69, 9.17) is 5.11 Å². The van der Waals surface area contributed by atoms with Crippen LogP contribution in [0.1, 0.15) is 10.4 Å². The third-order valence-corrected chi connectivity index (χ3v) is 1.31. The number of carbonyl (C=O) groups is 1. The van der Waals surface area contributed by atoms with Crippen molar-refractivity contribution in [1.29, 1.82) is 0 Å². The Morgan fingerprint density at radius 1 is 1.33 bits per heavy atom. The molecule has 1 rings (SSSR count). The first kappa shape index (κ1) is 8.19. The highest BCUT2D eigenvalue weighted by Crippen LogP contribution is 2.08. The van der Waals surface area contributed by atoms with Crippen LogP contribution in [0, 0.1) is 4.91 Å². The number of carboxylic acids is 1. The summed E-state index contributed by atoms with van der Waals surface area (Å²) < 4.78 is 0. The highest BCUT2D eigenvalue weighted by molar-refractivity contribution is 5.87. The number of benzene rings is 1. The summed E-state index contributed by atoms with van der Waals surface area (Å²) in [6.07, 6.45) is 0. The zero-order chi connectivity index (χ0) is 8.97. The van der Waals surface area contributed by atoms with Crippen LogP contribution in [0.15, 0.2) is 29.6 Å². The lowest BCUT2D eigenvalue weighted by molar-refractivity contribution is 0.0697. The Hall–Kier alpha value is -1.91. The molecule has 5 heteroatoms. The first-order valence-corrected chi connectivity index (χ1v) is 3.16. The average molecular weight is 166 g/mol. The van der Waals surface area contributed by atoms with Crippen LogP contribution in [0.2, 0.25) is 0 Å². The van der Waals surface area contributed by atoms with Gasteiger partial charge in [-0.3, -0.25) is 0 Å². The molecular weight excluding hydrogens is 160 g/mol. The van der Waals surface area contributed by atoms with Gasteiger partial charge in [-0.2, -0.15) is 0 Å². The minimum atomic E-state index is -0.999. The maximum atomic E-state index is 10.4. The highest BCUT2D eigenvalue weighted by Gasteiger charge is 2.00. The Bertz CT molecular complexity index is 294. The van der Waals surface area contributed by atoms with E-state index < -0.39 is 5.97 Å². The molecule has 0 saturated carbocycles. The van der Waals surface area contributed by atoms with Gasteiger partial charge in [0.25, 0.3) is 0 Å². The number of aromatic carboxylic acids is 1. The summed E-state index contributed by atoms with van der Waals surface area (Å²) >= 11 is 0. The largest absolute Gasteiger partial charge is 0.478 e. The SMILES string of the molecule is O=NNc1ccc(C(=O)O)cc1. The Balaban J connectivity index is 2.85. The Morgan fingerprint density at radius 3 is 2.33 bits per heavy atom. The van der Waals surface area contributed by atoms with Crippen LogP contribution in [0.25, 0.3) is 0 Å². The fourth-order valence-electron chi connectivity index (χ4n) is 0.740. The smallest absolute Gasteiger partial charge is 0.335 e. The van der Waals surface area contributed by atoms with Crippen molar-refractivity contribution in [2.24, 2.45) is 5.29 Å². The average Bonchev–Trinajstić information content (AvgIpc) is 2.06. The van der Waals surface area contributed by atoms with Gasteiger partial charge < -0.3 is 5.11 Å². The van der Waals surface area contributed by atoms with Crippen LogP contribution in [0.3, 0.4) is 0 Å². The molecule has 1 aromatic rings. The van der Waals surface area contributed by atoms with Gasteiger partial charge in [-0.15, -0.1) is 4.91 Å². The number of anilines is 1. The summed E-state index contributed by atoms with van der Waals surface area (Å²) in [6, 6.07) is 5.70. The number of hydrogen-bond donors (Lipinski definition) is 2. The third-order valence-electron chi connectivity index (χ3n) is 1.31. The van der Waals surface area contributed by atoms with Crippen molar-refractivity contribution in [2.75, 3.05) is 5.43 Å². The fraction of sp³-hybridized carbons (Fsp3) is 0. The van der Waals surface area contributed by atoms with Gasteiger partial charge in [0.15, 0.2) is 0 Å². The minimum absolute atomic E-state index is 0.173. The fourth-order valence-corrected chi connectivity index (χ4v) is 0.740. The second-order valence-electron chi connectivity index (χ2n) is 2.09. The van der Waals surface area contributed by atoms with Gasteiger partial charge in [0, 0.05) is 0 Å². The van der Waals surface area contributed by atoms with Crippen molar-refractivity contribution < 1.29 is 9.90 Å². The van der Waals surface area contributed by atoms with E-state index in [0.717, 1.165) is 0 Å². The topological polar surface area (TPSA) is 78.8 Å². The predicted octanol–water partition coefficient (Wildman–Crippen LogP) is 1.48. The van der Waals surface area contributed by atoms with E-state index in [1.807, 2.05) is 0 Å². The van der Waals surface area contributed by atoms with Crippen LogP contribution in [0.4, 0.5) is 5.69 Å². The lowest BCUT2D eigenvalue weighted by Crippen LogP contribution is -1.95. The summed E-state index contributed by atoms with van der Waals surface area (Å²) in [4.78, 5) is 20.1. The standard InChI is InChI=1S/C7H6N2O3/c10-7(11)5-1-3-6(4-2-5)8-9-12/h1-4H,(H,8,12)(H,10,11). The number of carboxylic acid groups (broad SMARTS) is 1. The van der Waals surface area contributed by atoms with Crippen molar-refractivity contribution in [2.45, 2.75) is 0 Å². The van der Waals surface area contributed by atoms with Crippen molar-refractivity contribution in [1.82, 2.24) is 0 Å². The van der Waals surface area contributed by atoms with Crippen LogP contribution >= 0.6 is 0 Å². The molecule has 62 valence electrons. The molecule has 2 N–H and O–H groups in total. The number of nitrogens with zero attached hydrogens (tertiary/aromatic N) is 1. The lowest BCUT2D eigenvalue weighted by atomic mass is 10.2. The Kier molecular flexibility index (Phi) is 2.37. The number of hydrogen-bond acceptors (Lipinski definition) is 3. The normalized spacial score (nSPS) is 9.00. The molecule has 0 spiro atoms. The van der Waals surface area contributed by atoms with Crippen LogP contribution in [-0.2, 0) is 0 Å². The molecule has 0 aliphatic heterocycles. The summed E-state index contributed by atoms with van der Waals surface area (Å²) in [5.41, 5.74) is 2.79. The molecule has 0 atom stereocenters. The molecular formula is C7H6N2O3. The summed E-state index contributed by atoms with van der Waals surface area (Å²) in [6.45, 7) is 0. The molecule has 0 aromatic heterocycles. The second kappa shape index (κ2) is 3.47. The predicted molar refractivity (Wildman–Crippen MR) is 42.8 cm³/mol. The second-order valence-corrected chi connectivity index (χ2v) is 2.09. The lowest BCUT2D eigenvalue weighted by Gasteiger charge is -1.96. The zero-order valence-electron chi connectivity index (χ0n) is 6.02. The first-order valence-electron chi connectivity index (χ1n) is 3.16. The summed E-state index contributed by atoms with van der Waals surface area (Å²) in [5.74, 6) is -0.999. The summed E-state index contributed by atoms with van der Waals surface area (Å²) in [5, 5.41) is 10.9. The molecule has 0 amide bonds. The van der Waals surface area contributed by atoms with E-state index >= 15 is 0 Å². The molecule has 1 aromatic carbocycles. The number of rotatable bonds is 3. The minimum Gasteiger partial charge on any atom is -0.478 e. The highest BCUT2D eigenvalue weighted by atomic mass is 16.4. The quantitative estimate of drug-likeness (QED) is 0.526. The van der Waals surface area contributed by atoms with Gasteiger partial charge in [-0.25, -0.2) is 10.2 Å². The van der Waals surface area contributed by atoms with Crippen molar-refractivity contribution in [3.63, 3.8) is 0 Å². The molecule has 5 nitrogen and oxygen atoms in total. The first-order chi connectivity index (χ1) is 5.74. The van der Waals surface area contributed by atoms with Crippen molar-refractivity contribution in [3.05, 3.63) is 34.7 Å². The van der Waals surface area contributed by atoms with E-state index in [1.165, 1.54) is 24.3 Å². The molecule has 0 heterocycles. The molecule has 0 aliphatic carbocycles. The monoisotopic (exact) mass is 166 g/mol. The molecule has 0 saturated heterocycles. The molecule has 0 radical (unpaired) electrons. The third kappa shape index (κ3) is 1.79. The van der Waals surface area contributed by atoms with E-state index in [9.17, 15) is 9.70 Å². The van der Waals surface area contributed by atoms with Gasteiger partial charge in [-0.05, 0) is 24.3 Å². The summed E-state index contributed by atoms with van der Waals surface area (Å²) in [7, 11) is 0. The van der Waals surface area contributed by atoms with E-state index in [1.54, 1.807) is 0 Å². The van der Waals surface area contributed by atoms with Crippen LogP contribution < -0.4 is 5.43 Å². The van der Waals surface area contributed by atoms with Crippen LogP contribution in [0.5, 0.6) is 0 Å². The molecule has 0 unspecified atom stereocenters. The molecule has 0 fully saturated rings. The van der Waals surface area contributed by atoms with Gasteiger partial charge in [0.2, 0.25) is 0 Å². The van der Waals surface area contributed by atoms with E-state index in [-0.39, 0.29) is 5.56 Å². The van der Waals surface area contributed by atoms with Gasteiger partial charge in [-0.1, -0.05) is 0 Å². The number of nitrogens with one attached hydrogen (secondary N) is 1. The van der Waals surface area contributed by atoms with E-state index in [2.05, 4.69) is 10.7 Å².